The normalized spacial score (nSPS) is 16.8. The first-order valence-electron chi connectivity index (χ1n) is 8.24. The highest BCUT2D eigenvalue weighted by Crippen LogP contribution is 2.33. The van der Waals surface area contributed by atoms with E-state index in [1.165, 1.54) is 17.6 Å². The summed E-state index contributed by atoms with van der Waals surface area (Å²) in [6.45, 7) is 3.84. The third kappa shape index (κ3) is 4.50. The molecule has 1 aromatic heterocycles. The summed E-state index contributed by atoms with van der Waals surface area (Å²) in [5.74, 6) is 0.756. The number of benzene rings is 1. The molecule has 2 aromatic rings. The standard InChI is InChI=1S/C18H21N3O3S2/c1-12(2)24-17-7-6-14(26(3,22)23)9-15(17)20-18-21-16(11-25-18)13-5-4-8-19-10-13/h4,6-13H,5H2,1-3H3,(H,20,21). The number of aliphatic imine (C=N–C) groups is 1. The van der Waals surface area contributed by atoms with Gasteiger partial charge in [0.2, 0.25) is 0 Å². The number of thiazole rings is 1. The molecule has 0 radical (unpaired) electrons. The molecule has 3 rings (SSSR count). The van der Waals surface area contributed by atoms with Crippen LogP contribution in [0.15, 0.2) is 45.7 Å². The van der Waals surface area contributed by atoms with Gasteiger partial charge in [-0.25, -0.2) is 13.4 Å². The first kappa shape index (κ1) is 18.6. The summed E-state index contributed by atoms with van der Waals surface area (Å²) in [6, 6.07) is 4.81. The van der Waals surface area contributed by atoms with Crippen LogP contribution in [0.25, 0.3) is 0 Å². The smallest absolute Gasteiger partial charge is 0.187 e. The van der Waals surface area contributed by atoms with Crippen molar-refractivity contribution in [2.45, 2.75) is 37.2 Å². The zero-order valence-corrected chi connectivity index (χ0v) is 16.5. The Hall–Kier alpha value is -2.19. The molecule has 1 atom stereocenters. The minimum Gasteiger partial charge on any atom is -0.489 e. The molecule has 2 heterocycles. The molecule has 26 heavy (non-hydrogen) atoms. The van der Waals surface area contributed by atoms with Crippen LogP contribution in [0.4, 0.5) is 10.8 Å². The zero-order chi connectivity index (χ0) is 18.7. The zero-order valence-electron chi connectivity index (χ0n) is 14.8. The van der Waals surface area contributed by atoms with E-state index in [4.69, 9.17) is 4.74 Å². The number of sulfone groups is 1. The Morgan fingerprint density at radius 1 is 1.35 bits per heavy atom. The fraction of sp³-hybridized carbons (Fsp3) is 0.333. The van der Waals surface area contributed by atoms with Crippen LogP contribution >= 0.6 is 11.3 Å². The van der Waals surface area contributed by atoms with Gasteiger partial charge >= 0.3 is 0 Å². The van der Waals surface area contributed by atoms with Crippen molar-refractivity contribution in [3.8, 4) is 5.75 Å². The van der Waals surface area contributed by atoms with Crippen LogP contribution in [0, 0.1) is 0 Å². The van der Waals surface area contributed by atoms with Crippen LogP contribution in [0.5, 0.6) is 5.75 Å². The fourth-order valence-electron chi connectivity index (χ4n) is 2.50. The molecule has 1 aromatic carbocycles. The van der Waals surface area contributed by atoms with Crippen molar-refractivity contribution in [2.75, 3.05) is 11.6 Å². The Morgan fingerprint density at radius 2 is 2.15 bits per heavy atom. The Morgan fingerprint density at radius 3 is 2.81 bits per heavy atom. The number of nitrogens with zero attached hydrogens (tertiary/aromatic N) is 2. The monoisotopic (exact) mass is 391 g/mol. The number of ether oxygens (including phenoxy) is 1. The Bertz CT molecular complexity index is 946. The molecule has 1 unspecified atom stereocenters. The van der Waals surface area contributed by atoms with Crippen LogP contribution in [0.3, 0.4) is 0 Å². The highest BCUT2D eigenvalue weighted by Gasteiger charge is 2.16. The van der Waals surface area contributed by atoms with Crippen LogP contribution in [-0.4, -0.2) is 32.0 Å². The molecule has 1 aliphatic rings. The third-order valence-electron chi connectivity index (χ3n) is 3.73. The van der Waals surface area contributed by atoms with Crippen molar-refractivity contribution in [2.24, 2.45) is 4.99 Å². The largest absolute Gasteiger partial charge is 0.489 e. The van der Waals surface area contributed by atoms with Crippen molar-refractivity contribution in [3.63, 3.8) is 0 Å². The van der Waals surface area contributed by atoms with E-state index in [1.54, 1.807) is 24.4 Å². The van der Waals surface area contributed by atoms with E-state index in [-0.39, 0.29) is 16.9 Å². The summed E-state index contributed by atoms with van der Waals surface area (Å²) in [5, 5.41) is 5.88. The maximum absolute atomic E-state index is 11.9. The second kappa shape index (κ2) is 7.59. The molecule has 0 bridgehead atoms. The number of hydrogen-bond donors (Lipinski definition) is 1. The van der Waals surface area contributed by atoms with Crippen molar-refractivity contribution in [1.82, 2.24) is 4.98 Å². The minimum absolute atomic E-state index is 0.0308. The molecule has 0 amide bonds. The molecular formula is C18H21N3O3S2. The molecule has 8 heteroatoms. The lowest BCUT2D eigenvalue weighted by Gasteiger charge is -2.15. The van der Waals surface area contributed by atoms with Gasteiger partial charge in [0.05, 0.1) is 22.4 Å². The quantitative estimate of drug-likeness (QED) is 0.800. The number of allylic oxidation sites excluding steroid dienone is 1. The molecule has 0 spiro atoms. The third-order valence-corrected chi connectivity index (χ3v) is 5.62. The molecule has 1 aliphatic heterocycles. The summed E-state index contributed by atoms with van der Waals surface area (Å²) < 4.78 is 29.6. The molecule has 0 aliphatic carbocycles. The first-order valence-corrected chi connectivity index (χ1v) is 11.0. The topological polar surface area (TPSA) is 80.7 Å². The Kier molecular flexibility index (Phi) is 5.43. The van der Waals surface area contributed by atoms with E-state index < -0.39 is 9.84 Å². The molecule has 0 saturated heterocycles. The number of nitrogens with one attached hydrogen (secondary N) is 1. The molecule has 0 saturated carbocycles. The SMILES string of the molecule is CC(C)Oc1ccc(S(C)(=O)=O)cc1Nc1nc(C2C=NC=CC2)cs1. The van der Waals surface area contributed by atoms with E-state index in [1.807, 2.05) is 31.5 Å². The van der Waals surface area contributed by atoms with Gasteiger partial charge in [-0.1, -0.05) is 6.08 Å². The second-order valence-electron chi connectivity index (χ2n) is 6.32. The lowest BCUT2D eigenvalue weighted by Crippen LogP contribution is -2.08. The van der Waals surface area contributed by atoms with E-state index in [2.05, 4.69) is 15.3 Å². The van der Waals surface area contributed by atoms with Crippen molar-refractivity contribution in [3.05, 3.63) is 41.5 Å². The predicted octanol–water partition coefficient (Wildman–Crippen LogP) is 4.15. The van der Waals surface area contributed by atoms with E-state index in [0.717, 1.165) is 12.1 Å². The van der Waals surface area contributed by atoms with Crippen LogP contribution in [0.1, 0.15) is 31.9 Å². The molecule has 138 valence electrons. The fourth-order valence-corrected chi connectivity index (χ4v) is 3.94. The molecule has 0 fully saturated rings. The van der Waals surface area contributed by atoms with Gasteiger partial charge in [-0.15, -0.1) is 11.3 Å². The molecular weight excluding hydrogens is 370 g/mol. The van der Waals surface area contributed by atoms with Gasteiger partial charge in [-0.3, -0.25) is 4.99 Å². The summed E-state index contributed by atoms with van der Waals surface area (Å²) in [5.41, 5.74) is 1.52. The summed E-state index contributed by atoms with van der Waals surface area (Å²) in [6.07, 6.45) is 7.72. The summed E-state index contributed by atoms with van der Waals surface area (Å²) in [4.78, 5) is 9.02. The maximum Gasteiger partial charge on any atom is 0.187 e. The van der Waals surface area contributed by atoms with Crippen molar-refractivity contribution >= 4 is 38.2 Å². The highest BCUT2D eigenvalue weighted by atomic mass is 32.2. The van der Waals surface area contributed by atoms with Gasteiger partial charge in [0.15, 0.2) is 15.0 Å². The first-order chi connectivity index (χ1) is 12.3. The number of rotatable bonds is 6. The molecule has 1 N–H and O–H groups in total. The van der Waals surface area contributed by atoms with Crippen molar-refractivity contribution < 1.29 is 13.2 Å². The number of anilines is 2. The van der Waals surface area contributed by atoms with Gasteiger partial charge in [0.25, 0.3) is 0 Å². The predicted molar refractivity (Wildman–Crippen MR) is 106 cm³/mol. The van der Waals surface area contributed by atoms with Crippen LogP contribution < -0.4 is 10.1 Å². The lowest BCUT2D eigenvalue weighted by molar-refractivity contribution is 0.243. The lowest BCUT2D eigenvalue weighted by atomic mass is 10.0. The Balaban J connectivity index is 1.89. The minimum atomic E-state index is -3.31. The van der Waals surface area contributed by atoms with Crippen LogP contribution in [0.2, 0.25) is 0 Å². The number of aromatic nitrogens is 1. The van der Waals surface area contributed by atoms with Crippen molar-refractivity contribution in [1.29, 1.82) is 0 Å². The maximum atomic E-state index is 11.9. The second-order valence-corrected chi connectivity index (χ2v) is 9.20. The van der Waals surface area contributed by atoms with E-state index >= 15 is 0 Å². The van der Waals surface area contributed by atoms with Gasteiger partial charge in [-0.05, 0) is 38.5 Å². The van der Waals surface area contributed by atoms with Gasteiger partial charge in [0.1, 0.15) is 5.75 Å². The average molecular weight is 392 g/mol. The van der Waals surface area contributed by atoms with Gasteiger partial charge < -0.3 is 10.1 Å². The average Bonchev–Trinajstić information content (AvgIpc) is 3.04. The summed E-state index contributed by atoms with van der Waals surface area (Å²) >= 11 is 1.47. The summed E-state index contributed by atoms with van der Waals surface area (Å²) in [7, 11) is -3.31. The van der Waals surface area contributed by atoms with Gasteiger partial charge in [-0.2, -0.15) is 0 Å². The van der Waals surface area contributed by atoms with Gasteiger partial charge in [0, 0.05) is 30.0 Å². The van der Waals surface area contributed by atoms with Crippen LogP contribution in [-0.2, 0) is 9.84 Å². The Labute approximate surface area is 157 Å². The van der Waals surface area contributed by atoms with E-state index in [9.17, 15) is 8.42 Å². The van der Waals surface area contributed by atoms with E-state index in [0.29, 0.717) is 16.6 Å². The highest BCUT2D eigenvalue weighted by molar-refractivity contribution is 7.90. The number of hydrogen-bond acceptors (Lipinski definition) is 7. The molecule has 6 nitrogen and oxygen atoms in total.